The number of nitrogens with zero attached hydrogens (tertiary/aromatic N) is 10. The standard InChI is InChI=1S/C40H51FN14O5/c1-50-15-20-55(40(50)60)28-3-2-12-54(24-28)39-47-36(34(35(42)57)48-49-39)44-26-4-8-32(29(41)21-26)53-18-16-51(17-19-53)23-25-10-13-52(14-11-25)27-5-6-30(43-22-27)37(58)45-31-7-9-33(56)46-38(31)59/h4-6,8,21-22,25,28,31H,2-3,7,9-20,23-24H2,1H3,(H2,42,57)(H,45,58)(H,44,47,49)(H,46,56,59). The molecule has 7 heterocycles. The van der Waals surface area contributed by atoms with Gasteiger partial charge < -0.3 is 40.9 Å². The highest BCUT2D eigenvalue weighted by molar-refractivity contribution is 6.03. The van der Waals surface area contributed by atoms with Crippen LogP contribution in [0, 0.1) is 11.7 Å². The maximum absolute atomic E-state index is 15.7. The first-order chi connectivity index (χ1) is 29.0. The van der Waals surface area contributed by atoms with Gasteiger partial charge >= 0.3 is 6.03 Å². The van der Waals surface area contributed by atoms with E-state index in [1.165, 1.54) is 6.07 Å². The number of halogens is 1. The van der Waals surface area contributed by atoms with Crippen LogP contribution in [-0.2, 0) is 9.59 Å². The molecule has 5 fully saturated rings. The minimum absolute atomic E-state index is 0.00400. The molecule has 6 amide bonds. The van der Waals surface area contributed by atoms with E-state index in [-0.39, 0.29) is 48.0 Å². The Bertz CT molecular complexity index is 2110. The summed E-state index contributed by atoms with van der Waals surface area (Å²) in [6.45, 7) is 8.22. The number of piperazine rings is 1. The number of pyridine rings is 1. The van der Waals surface area contributed by atoms with Gasteiger partial charge in [0.25, 0.3) is 11.8 Å². The Labute approximate surface area is 346 Å². The van der Waals surface area contributed by atoms with Gasteiger partial charge in [-0.25, -0.2) is 14.2 Å². The minimum atomic E-state index is -0.813. The van der Waals surface area contributed by atoms with Crippen molar-refractivity contribution in [1.29, 1.82) is 0 Å². The first-order valence-electron chi connectivity index (χ1n) is 20.7. The van der Waals surface area contributed by atoms with Crippen LogP contribution >= 0.6 is 0 Å². The summed E-state index contributed by atoms with van der Waals surface area (Å²) in [5.74, 6) is -1.60. The number of primary amides is 1. The van der Waals surface area contributed by atoms with Crippen molar-refractivity contribution in [1.82, 2.24) is 45.5 Å². The largest absolute Gasteiger partial charge is 0.370 e. The van der Waals surface area contributed by atoms with Gasteiger partial charge in [-0.2, -0.15) is 4.98 Å². The lowest BCUT2D eigenvalue weighted by Crippen LogP contribution is -2.52. The van der Waals surface area contributed by atoms with Crippen LogP contribution in [0.25, 0.3) is 0 Å². The summed E-state index contributed by atoms with van der Waals surface area (Å²) in [5, 5.41) is 16.2. The van der Waals surface area contributed by atoms with Crippen LogP contribution in [0.15, 0.2) is 36.5 Å². The summed E-state index contributed by atoms with van der Waals surface area (Å²) in [7, 11) is 1.80. The highest BCUT2D eigenvalue weighted by Gasteiger charge is 2.35. The number of benzene rings is 1. The molecule has 0 saturated carbocycles. The van der Waals surface area contributed by atoms with E-state index in [0.717, 1.165) is 64.1 Å². The molecule has 0 aliphatic carbocycles. The molecule has 318 valence electrons. The third kappa shape index (κ3) is 9.02. The summed E-state index contributed by atoms with van der Waals surface area (Å²) < 4.78 is 15.7. The molecule has 0 bridgehead atoms. The average molecular weight is 827 g/mol. The minimum Gasteiger partial charge on any atom is -0.370 e. The summed E-state index contributed by atoms with van der Waals surface area (Å²) in [6.07, 6.45) is 5.86. The first kappa shape index (κ1) is 40.6. The first-order valence-corrected chi connectivity index (χ1v) is 20.7. The van der Waals surface area contributed by atoms with Crippen molar-refractivity contribution in [2.24, 2.45) is 11.7 Å². The van der Waals surface area contributed by atoms with Crippen LogP contribution in [-0.4, -0.2) is 156 Å². The fraction of sp³-hybridized carbons (Fsp3) is 0.525. The van der Waals surface area contributed by atoms with Gasteiger partial charge in [0.1, 0.15) is 17.6 Å². The topological polar surface area (TPSA) is 218 Å². The molecule has 3 aromatic rings. The number of piperidine rings is 3. The number of nitrogens with one attached hydrogen (secondary N) is 3. The van der Waals surface area contributed by atoms with Crippen molar-refractivity contribution >= 4 is 58.5 Å². The number of carbonyl (C=O) groups excluding carboxylic acids is 5. The quantitative estimate of drug-likeness (QED) is 0.200. The van der Waals surface area contributed by atoms with E-state index in [2.05, 4.69) is 50.8 Å². The second-order valence-corrected chi connectivity index (χ2v) is 16.2. The van der Waals surface area contributed by atoms with E-state index in [9.17, 15) is 24.0 Å². The number of carbonyl (C=O) groups is 5. The van der Waals surface area contributed by atoms with Crippen molar-refractivity contribution < 1.29 is 28.4 Å². The van der Waals surface area contributed by atoms with Crippen molar-refractivity contribution in [2.45, 2.75) is 50.6 Å². The van der Waals surface area contributed by atoms with E-state index in [0.29, 0.717) is 62.5 Å². The average Bonchev–Trinajstić information content (AvgIpc) is 3.59. The molecule has 5 saturated heterocycles. The van der Waals surface area contributed by atoms with Gasteiger partial charge in [-0.15, -0.1) is 10.2 Å². The number of hydrogen-bond acceptors (Lipinski definition) is 14. The highest BCUT2D eigenvalue weighted by Crippen LogP contribution is 2.29. The number of aromatic nitrogens is 4. The van der Waals surface area contributed by atoms with Crippen LogP contribution in [0.4, 0.5) is 38.0 Å². The zero-order valence-electron chi connectivity index (χ0n) is 33.7. The third-order valence-corrected chi connectivity index (χ3v) is 12.2. The van der Waals surface area contributed by atoms with E-state index < -0.39 is 29.6 Å². The molecule has 1 aromatic carbocycles. The normalized spacial score (nSPS) is 22.0. The Balaban J connectivity index is 0.805. The lowest BCUT2D eigenvalue weighted by Gasteiger charge is -2.40. The van der Waals surface area contributed by atoms with E-state index in [1.54, 1.807) is 36.3 Å². The van der Waals surface area contributed by atoms with Crippen LogP contribution in [0.5, 0.6) is 0 Å². The number of urea groups is 1. The van der Waals surface area contributed by atoms with Crippen LogP contribution in [0.2, 0.25) is 0 Å². The van der Waals surface area contributed by atoms with Gasteiger partial charge in [0.15, 0.2) is 11.5 Å². The Kier molecular flexibility index (Phi) is 11.9. The van der Waals surface area contributed by atoms with Gasteiger partial charge in [0, 0.05) is 91.1 Å². The maximum Gasteiger partial charge on any atom is 0.320 e. The monoisotopic (exact) mass is 826 g/mol. The molecule has 19 nitrogen and oxygen atoms in total. The Morgan fingerprint density at radius 3 is 2.38 bits per heavy atom. The maximum atomic E-state index is 15.7. The second kappa shape index (κ2) is 17.6. The SMILES string of the molecule is CN1CCN(C2CCCN(c3nnc(C(N)=O)c(Nc4ccc(N5CCN(CC6CCN(c7ccc(C(=O)NC8CCC(=O)NC8=O)nc7)CC6)CC5)c(F)c4)n3)C2)C1=O. The number of anilines is 5. The predicted octanol–water partition coefficient (Wildman–Crippen LogP) is 1.16. The molecule has 5 aliphatic heterocycles. The van der Waals surface area contributed by atoms with Crippen molar-refractivity contribution in [3.05, 3.63) is 53.7 Å². The molecule has 5 N–H and O–H groups in total. The van der Waals surface area contributed by atoms with Gasteiger partial charge in [-0.3, -0.25) is 29.4 Å². The third-order valence-electron chi connectivity index (χ3n) is 12.2. The number of likely N-dealkylation sites (N-methyl/N-ethyl adjacent to an activating group) is 1. The summed E-state index contributed by atoms with van der Waals surface area (Å²) in [4.78, 5) is 82.3. The van der Waals surface area contributed by atoms with Crippen LogP contribution < -0.4 is 36.4 Å². The molecule has 5 aliphatic rings. The smallest absolute Gasteiger partial charge is 0.320 e. The molecule has 8 rings (SSSR count). The number of imide groups is 1. The van der Waals surface area contributed by atoms with E-state index in [4.69, 9.17) is 5.73 Å². The van der Waals surface area contributed by atoms with Crippen molar-refractivity contribution in [3.8, 4) is 0 Å². The molecular weight excluding hydrogens is 776 g/mol. The summed E-state index contributed by atoms with van der Waals surface area (Å²) in [5.41, 5.74) is 7.51. The number of amides is 6. The van der Waals surface area contributed by atoms with E-state index in [1.807, 2.05) is 15.9 Å². The summed E-state index contributed by atoms with van der Waals surface area (Å²) >= 11 is 0. The number of hydrogen-bond donors (Lipinski definition) is 4. The Morgan fingerprint density at radius 1 is 0.900 bits per heavy atom. The fourth-order valence-electron chi connectivity index (χ4n) is 8.76. The zero-order valence-corrected chi connectivity index (χ0v) is 33.7. The fourth-order valence-corrected chi connectivity index (χ4v) is 8.76. The number of nitrogens with two attached hydrogens (primary N) is 1. The zero-order chi connectivity index (χ0) is 41.9. The summed E-state index contributed by atoms with van der Waals surface area (Å²) in [6, 6.07) is 7.65. The molecule has 2 aromatic heterocycles. The predicted molar refractivity (Wildman–Crippen MR) is 219 cm³/mol. The van der Waals surface area contributed by atoms with E-state index >= 15 is 4.39 Å². The molecule has 2 atom stereocenters. The van der Waals surface area contributed by atoms with Crippen molar-refractivity contribution in [2.75, 3.05) is 99.1 Å². The molecule has 20 heteroatoms. The molecular formula is C40H51FN14O5. The number of rotatable bonds is 11. The van der Waals surface area contributed by atoms with Crippen LogP contribution in [0.1, 0.15) is 59.5 Å². The van der Waals surface area contributed by atoms with Gasteiger partial charge in [0.2, 0.25) is 17.8 Å². The van der Waals surface area contributed by atoms with Crippen LogP contribution in [0.3, 0.4) is 0 Å². The van der Waals surface area contributed by atoms with Gasteiger partial charge in [0.05, 0.1) is 23.6 Å². The molecule has 0 radical (unpaired) electrons. The molecule has 2 unspecified atom stereocenters. The molecule has 0 spiro atoms. The second-order valence-electron chi connectivity index (χ2n) is 16.2. The Hall–Kier alpha value is -6.18. The highest BCUT2D eigenvalue weighted by atomic mass is 19.1. The lowest BCUT2D eigenvalue weighted by atomic mass is 9.95. The molecule has 60 heavy (non-hydrogen) atoms. The van der Waals surface area contributed by atoms with Gasteiger partial charge in [-0.05, 0) is 68.4 Å². The van der Waals surface area contributed by atoms with Gasteiger partial charge in [-0.1, -0.05) is 0 Å². The van der Waals surface area contributed by atoms with Crippen molar-refractivity contribution in [3.63, 3.8) is 0 Å². The Morgan fingerprint density at radius 2 is 1.70 bits per heavy atom. The lowest BCUT2D eigenvalue weighted by molar-refractivity contribution is -0.134.